The van der Waals surface area contributed by atoms with Crippen molar-refractivity contribution in [3.05, 3.63) is 11.6 Å². The van der Waals surface area contributed by atoms with Crippen LogP contribution >= 0.6 is 0 Å². The predicted octanol–water partition coefficient (Wildman–Crippen LogP) is 2.46. The Morgan fingerprint density at radius 1 is 1.00 bits per heavy atom. The lowest BCUT2D eigenvalue weighted by Crippen LogP contribution is -2.26. The lowest BCUT2D eigenvalue weighted by atomic mass is 10.2. The monoisotopic (exact) mass is 235 g/mol. The van der Waals surface area contributed by atoms with Crippen LogP contribution in [0.5, 0.6) is 0 Å². The maximum Gasteiger partial charge on any atom is 0.332 e. The van der Waals surface area contributed by atoms with E-state index in [-0.39, 0.29) is 0 Å². The molecule has 0 radical (unpaired) electrons. The van der Waals surface area contributed by atoms with E-state index in [0.29, 0.717) is 17.9 Å². The highest BCUT2D eigenvalue weighted by Gasteiger charge is 2.52. The zero-order chi connectivity index (χ0) is 12.8. The molecule has 4 heteroatoms. The third-order valence-corrected chi connectivity index (χ3v) is 3.63. The fourth-order valence-corrected chi connectivity index (χ4v) is 1.92. The lowest BCUT2D eigenvalue weighted by molar-refractivity contribution is 0.548. The number of hydrogen-bond acceptors (Lipinski definition) is 3. The second-order valence-corrected chi connectivity index (χ2v) is 5.96. The molecule has 1 aliphatic rings. The highest BCUT2D eigenvalue weighted by Crippen LogP contribution is 2.33. The van der Waals surface area contributed by atoms with E-state index in [1.54, 1.807) is 0 Å². The minimum atomic E-state index is 0.358. The minimum absolute atomic E-state index is 0.358. The third-order valence-electron chi connectivity index (χ3n) is 3.63. The van der Waals surface area contributed by atoms with Gasteiger partial charge in [0.05, 0.1) is 7.05 Å². The van der Waals surface area contributed by atoms with Crippen molar-refractivity contribution in [1.82, 2.24) is 19.4 Å². The molecule has 2 atom stereocenters. The van der Waals surface area contributed by atoms with Gasteiger partial charge in [0, 0.05) is 11.8 Å². The molecule has 0 aliphatic carbocycles. The molecule has 1 aromatic rings. The number of likely N-dealkylation sites (N-methyl/N-ethyl adjacent to an activating group) is 1. The van der Waals surface area contributed by atoms with Crippen molar-refractivity contribution in [3.8, 4) is 0 Å². The number of nitrogens with zero attached hydrogens (tertiary/aromatic N) is 4. The quantitative estimate of drug-likeness (QED) is 0.596. The van der Waals surface area contributed by atoms with Gasteiger partial charge in [0.15, 0.2) is 0 Å². The molecular weight excluding hydrogens is 212 g/mol. The van der Waals surface area contributed by atoms with Gasteiger partial charge in [-0.1, -0.05) is 27.7 Å². The highest BCUT2D eigenvalue weighted by atomic mass is 15.5. The van der Waals surface area contributed by atoms with Crippen LogP contribution in [0.4, 0.5) is 5.95 Å². The van der Waals surface area contributed by atoms with Gasteiger partial charge in [-0.05, 0) is 6.92 Å². The van der Waals surface area contributed by atoms with Crippen molar-refractivity contribution in [3.63, 3.8) is 0 Å². The van der Waals surface area contributed by atoms with Crippen LogP contribution in [0.3, 0.4) is 0 Å². The van der Waals surface area contributed by atoms with E-state index in [4.69, 9.17) is 0 Å². The molecule has 1 aromatic heterocycles. The number of aromatic nitrogens is 3. The van der Waals surface area contributed by atoms with E-state index in [0.717, 1.165) is 28.6 Å². The number of hydrogen-bond donors (Lipinski definition) is 0. The standard InChI is InChI=1S/C13H23N4/c1-8(2)11-14-12(9(3)4)16-13(15-11)17(6)7-10(17)5/h8-10H,7H2,1-6H3/q+1. The van der Waals surface area contributed by atoms with Gasteiger partial charge < -0.3 is 0 Å². The SMILES string of the molecule is CC(C)c1nc(C(C)C)nc([N+]2(C)CC2C)n1. The van der Waals surface area contributed by atoms with E-state index in [2.05, 4.69) is 56.6 Å². The van der Waals surface area contributed by atoms with Gasteiger partial charge in [-0.3, -0.25) is 0 Å². The van der Waals surface area contributed by atoms with Crippen molar-refractivity contribution in [2.75, 3.05) is 13.6 Å². The smallest absolute Gasteiger partial charge is 0.248 e. The Labute approximate surface area is 104 Å². The highest BCUT2D eigenvalue weighted by molar-refractivity contribution is 5.34. The Hall–Kier alpha value is -1.03. The van der Waals surface area contributed by atoms with Crippen LogP contribution in [0, 0.1) is 0 Å². The Morgan fingerprint density at radius 3 is 1.71 bits per heavy atom. The zero-order valence-corrected chi connectivity index (χ0v) is 11.7. The molecule has 0 spiro atoms. The summed E-state index contributed by atoms with van der Waals surface area (Å²) < 4.78 is 0.863. The van der Waals surface area contributed by atoms with Crippen LogP contribution in [-0.4, -0.2) is 34.6 Å². The summed E-state index contributed by atoms with van der Waals surface area (Å²) in [5, 5.41) is 0. The molecule has 0 amide bonds. The maximum atomic E-state index is 4.65. The van der Waals surface area contributed by atoms with E-state index in [1.807, 2.05) is 0 Å². The van der Waals surface area contributed by atoms with Gasteiger partial charge in [0.2, 0.25) is 0 Å². The maximum absolute atomic E-state index is 4.65. The molecular formula is C13H23N4+. The molecule has 1 fully saturated rings. The van der Waals surface area contributed by atoms with Crippen LogP contribution in [-0.2, 0) is 0 Å². The lowest BCUT2D eigenvalue weighted by Gasteiger charge is -2.14. The summed E-state index contributed by atoms with van der Waals surface area (Å²) in [4.78, 5) is 13.9. The Balaban J connectivity index is 2.45. The first-order valence-electron chi connectivity index (χ1n) is 6.46. The molecule has 2 unspecified atom stereocenters. The van der Waals surface area contributed by atoms with Gasteiger partial charge in [-0.2, -0.15) is 9.97 Å². The third kappa shape index (κ3) is 2.18. The van der Waals surface area contributed by atoms with Gasteiger partial charge >= 0.3 is 5.95 Å². The van der Waals surface area contributed by atoms with Crippen molar-refractivity contribution < 1.29 is 0 Å². The molecule has 0 aromatic carbocycles. The molecule has 0 bridgehead atoms. The molecule has 17 heavy (non-hydrogen) atoms. The van der Waals surface area contributed by atoms with Gasteiger partial charge in [0.25, 0.3) is 0 Å². The summed E-state index contributed by atoms with van der Waals surface area (Å²) in [5.41, 5.74) is 0. The summed E-state index contributed by atoms with van der Waals surface area (Å²) in [6.45, 7) is 11.9. The Bertz CT molecular complexity index is 401. The average Bonchev–Trinajstić information content (AvgIpc) is 2.87. The molecule has 0 N–H and O–H groups in total. The summed E-state index contributed by atoms with van der Waals surface area (Å²) in [6.07, 6.45) is 0. The Kier molecular flexibility index (Phi) is 2.94. The van der Waals surface area contributed by atoms with Crippen LogP contribution in [0.2, 0.25) is 0 Å². The summed E-state index contributed by atoms with van der Waals surface area (Å²) >= 11 is 0. The zero-order valence-electron chi connectivity index (χ0n) is 11.7. The molecule has 1 saturated heterocycles. The second kappa shape index (κ2) is 4.02. The molecule has 94 valence electrons. The van der Waals surface area contributed by atoms with Crippen molar-refractivity contribution in [2.24, 2.45) is 0 Å². The summed E-state index contributed by atoms with van der Waals surface area (Å²) in [5.74, 6) is 3.52. The van der Waals surface area contributed by atoms with Crippen LogP contribution < -0.4 is 4.48 Å². The van der Waals surface area contributed by atoms with Crippen LogP contribution in [0.15, 0.2) is 0 Å². The first kappa shape index (κ1) is 12.4. The van der Waals surface area contributed by atoms with Crippen LogP contribution in [0.25, 0.3) is 0 Å². The Morgan fingerprint density at radius 2 is 1.41 bits per heavy atom. The van der Waals surface area contributed by atoms with Crippen LogP contribution in [0.1, 0.15) is 58.1 Å². The van der Waals surface area contributed by atoms with Crippen molar-refractivity contribution >= 4 is 5.95 Å². The first-order chi connectivity index (χ1) is 7.84. The first-order valence-corrected chi connectivity index (χ1v) is 6.46. The van der Waals surface area contributed by atoms with E-state index in [1.165, 1.54) is 0 Å². The second-order valence-electron chi connectivity index (χ2n) is 5.96. The molecule has 1 aliphatic heterocycles. The van der Waals surface area contributed by atoms with Gasteiger partial charge in [-0.25, -0.2) is 9.47 Å². The fraction of sp³-hybridized carbons (Fsp3) is 0.769. The normalized spacial score (nSPS) is 27.9. The summed E-state index contributed by atoms with van der Waals surface area (Å²) in [6, 6.07) is 0.637. The number of quaternary nitrogens is 1. The fourth-order valence-electron chi connectivity index (χ4n) is 1.92. The molecule has 4 nitrogen and oxygen atoms in total. The molecule has 2 rings (SSSR count). The van der Waals surface area contributed by atoms with Crippen molar-refractivity contribution in [2.45, 2.75) is 52.5 Å². The minimum Gasteiger partial charge on any atom is -0.248 e. The van der Waals surface area contributed by atoms with Gasteiger partial charge in [-0.15, -0.1) is 0 Å². The molecule has 2 heterocycles. The van der Waals surface area contributed by atoms with Crippen molar-refractivity contribution in [1.29, 1.82) is 0 Å². The van der Waals surface area contributed by atoms with E-state index < -0.39 is 0 Å². The van der Waals surface area contributed by atoms with E-state index >= 15 is 0 Å². The molecule has 0 saturated carbocycles. The van der Waals surface area contributed by atoms with E-state index in [9.17, 15) is 0 Å². The predicted molar refractivity (Wildman–Crippen MR) is 70.1 cm³/mol. The largest absolute Gasteiger partial charge is 0.332 e. The average molecular weight is 235 g/mol. The number of rotatable bonds is 3. The van der Waals surface area contributed by atoms with Gasteiger partial charge in [0.1, 0.15) is 24.2 Å². The topological polar surface area (TPSA) is 38.7 Å². The summed E-state index contributed by atoms with van der Waals surface area (Å²) in [7, 11) is 2.20.